The first-order valence-electron chi connectivity index (χ1n) is 12.2. The van der Waals surface area contributed by atoms with Crippen molar-refractivity contribution in [3.05, 3.63) is 107 Å². The van der Waals surface area contributed by atoms with Gasteiger partial charge in [-0.15, -0.1) is 0 Å². The highest BCUT2D eigenvalue weighted by Gasteiger charge is 2.30. The molecule has 3 aromatic carbocycles. The van der Waals surface area contributed by atoms with Gasteiger partial charge < -0.3 is 9.64 Å². The van der Waals surface area contributed by atoms with Crippen LogP contribution in [0.3, 0.4) is 0 Å². The van der Waals surface area contributed by atoms with Crippen molar-refractivity contribution >= 4 is 16.8 Å². The van der Waals surface area contributed by atoms with Crippen molar-refractivity contribution in [2.45, 2.75) is 19.3 Å². The molecular weight excluding hydrogens is 498 g/mol. The zero-order valence-corrected chi connectivity index (χ0v) is 20.4. The van der Waals surface area contributed by atoms with Gasteiger partial charge in [0.25, 0.3) is 5.91 Å². The first kappa shape index (κ1) is 25.7. The number of carbonyl (C=O) groups is 1. The zero-order valence-electron chi connectivity index (χ0n) is 20.4. The molecule has 0 radical (unpaired) electrons. The Morgan fingerprint density at radius 1 is 0.921 bits per heavy atom. The molecule has 38 heavy (non-hydrogen) atoms. The summed E-state index contributed by atoms with van der Waals surface area (Å²) in [7, 11) is 0. The number of rotatable bonds is 6. The van der Waals surface area contributed by atoms with Gasteiger partial charge in [0.15, 0.2) is 0 Å². The summed E-state index contributed by atoms with van der Waals surface area (Å²) in [4.78, 5) is 21.4. The molecular formula is C29H25F4N3O2. The number of halogens is 4. The number of ether oxygens (including phenoxy) is 1. The summed E-state index contributed by atoms with van der Waals surface area (Å²) < 4.78 is 57.9. The van der Waals surface area contributed by atoms with Gasteiger partial charge in [-0.2, -0.15) is 13.2 Å². The zero-order chi connectivity index (χ0) is 26.7. The van der Waals surface area contributed by atoms with Crippen LogP contribution in [0.2, 0.25) is 0 Å². The maximum Gasteiger partial charge on any atom is 0.416 e. The SMILES string of the molecule is O=C(c1cnc2cc(OCc3ccccc3F)ccc2c1)N1CCN(Cc2ccc(C(F)(F)F)cc2)CC1. The van der Waals surface area contributed by atoms with Gasteiger partial charge in [0.2, 0.25) is 0 Å². The maximum atomic E-state index is 13.8. The van der Waals surface area contributed by atoms with E-state index in [0.29, 0.717) is 55.1 Å². The van der Waals surface area contributed by atoms with E-state index in [4.69, 9.17) is 4.74 Å². The molecule has 4 aromatic rings. The van der Waals surface area contributed by atoms with Crippen LogP contribution in [-0.2, 0) is 19.3 Å². The van der Waals surface area contributed by atoms with Crippen LogP contribution in [0.5, 0.6) is 5.75 Å². The number of pyridine rings is 1. The Bertz CT molecular complexity index is 1430. The molecule has 2 heterocycles. The van der Waals surface area contributed by atoms with E-state index in [1.54, 1.807) is 47.5 Å². The van der Waals surface area contributed by atoms with E-state index in [1.807, 2.05) is 6.07 Å². The first-order chi connectivity index (χ1) is 18.3. The third-order valence-corrected chi connectivity index (χ3v) is 6.60. The fourth-order valence-corrected chi connectivity index (χ4v) is 4.43. The second-order valence-electron chi connectivity index (χ2n) is 9.22. The monoisotopic (exact) mass is 523 g/mol. The lowest BCUT2D eigenvalue weighted by atomic mass is 10.1. The Kier molecular flexibility index (Phi) is 7.28. The van der Waals surface area contributed by atoms with Crippen LogP contribution in [0.1, 0.15) is 27.0 Å². The lowest BCUT2D eigenvalue weighted by molar-refractivity contribution is -0.137. The average Bonchev–Trinajstić information content (AvgIpc) is 2.92. The van der Waals surface area contributed by atoms with Crippen LogP contribution in [0, 0.1) is 5.82 Å². The summed E-state index contributed by atoms with van der Waals surface area (Å²) in [6.45, 7) is 2.90. The van der Waals surface area contributed by atoms with E-state index < -0.39 is 11.7 Å². The Morgan fingerprint density at radius 2 is 1.66 bits per heavy atom. The summed E-state index contributed by atoms with van der Waals surface area (Å²) in [5.74, 6) is 0.111. The van der Waals surface area contributed by atoms with E-state index >= 15 is 0 Å². The molecule has 0 unspecified atom stereocenters. The highest BCUT2D eigenvalue weighted by Crippen LogP contribution is 2.29. The number of benzene rings is 3. The lowest BCUT2D eigenvalue weighted by Gasteiger charge is -2.34. The van der Waals surface area contributed by atoms with Crippen molar-refractivity contribution in [3.8, 4) is 5.75 Å². The van der Waals surface area contributed by atoms with Crippen LogP contribution in [0.25, 0.3) is 10.9 Å². The molecule has 1 aliphatic heterocycles. The normalized spacial score (nSPS) is 14.6. The number of amides is 1. The topological polar surface area (TPSA) is 45.7 Å². The van der Waals surface area contributed by atoms with Gasteiger partial charge in [-0.1, -0.05) is 30.3 Å². The number of piperazine rings is 1. The summed E-state index contributed by atoms with van der Waals surface area (Å²) in [5, 5.41) is 0.787. The molecule has 1 amide bonds. The minimum absolute atomic E-state index is 0.0968. The Hall–Kier alpha value is -3.98. The van der Waals surface area contributed by atoms with Crippen molar-refractivity contribution in [1.29, 1.82) is 0 Å². The van der Waals surface area contributed by atoms with E-state index in [9.17, 15) is 22.4 Å². The molecule has 196 valence electrons. The van der Waals surface area contributed by atoms with Gasteiger partial charge in [-0.3, -0.25) is 14.7 Å². The van der Waals surface area contributed by atoms with Crippen LogP contribution in [0.15, 0.2) is 79.0 Å². The van der Waals surface area contributed by atoms with E-state index in [-0.39, 0.29) is 18.3 Å². The fourth-order valence-electron chi connectivity index (χ4n) is 4.43. The van der Waals surface area contributed by atoms with Gasteiger partial charge in [0.05, 0.1) is 16.6 Å². The largest absolute Gasteiger partial charge is 0.489 e. The minimum atomic E-state index is -4.35. The molecule has 5 rings (SSSR count). The molecule has 1 aliphatic rings. The molecule has 0 aliphatic carbocycles. The second kappa shape index (κ2) is 10.8. The Balaban J connectivity index is 1.17. The fraction of sp³-hybridized carbons (Fsp3) is 0.241. The van der Waals surface area contributed by atoms with E-state index in [1.165, 1.54) is 18.2 Å². The smallest absolute Gasteiger partial charge is 0.416 e. The molecule has 9 heteroatoms. The van der Waals surface area contributed by atoms with Gasteiger partial charge in [0, 0.05) is 55.9 Å². The third kappa shape index (κ3) is 5.94. The van der Waals surface area contributed by atoms with Crippen molar-refractivity contribution in [2.75, 3.05) is 26.2 Å². The second-order valence-corrected chi connectivity index (χ2v) is 9.22. The number of nitrogens with zero attached hydrogens (tertiary/aromatic N) is 3. The molecule has 0 atom stereocenters. The van der Waals surface area contributed by atoms with Crippen LogP contribution >= 0.6 is 0 Å². The number of alkyl halides is 3. The number of hydrogen-bond donors (Lipinski definition) is 0. The van der Waals surface area contributed by atoms with Gasteiger partial charge in [-0.05, 0) is 42.0 Å². The highest BCUT2D eigenvalue weighted by atomic mass is 19.4. The maximum absolute atomic E-state index is 13.8. The van der Waals surface area contributed by atoms with Crippen molar-refractivity contribution in [3.63, 3.8) is 0 Å². The lowest BCUT2D eigenvalue weighted by Crippen LogP contribution is -2.48. The quantitative estimate of drug-likeness (QED) is 0.294. The highest BCUT2D eigenvalue weighted by molar-refractivity contribution is 5.97. The third-order valence-electron chi connectivity index (χ3n) is 6.60. The molecule has 0 bridgehead atoms. The molecule has 0 spiro atoms. The van der Waals surface area contributed by atoms with Crippen LogP contribution in [0.4, 0.5) is 17.6 Å². The summed E-state index contributed by atoms with van der Waals surface area (Å²) in [6, 6.07) is 18.7. The Labute approximate surface area is 217 Å². The number of carbonyl (C=O) groups excluding carboxylic acids is 1. The number of fused-ring (bicyclic) bond motifs is 1. The predicted molar refractivity (Wildman–Crippen MR) is 135 cm³/mol. The number of aromatic nitrogens is 1. The van der Waals surface area contributed by atoms with Crippen molar-refractivity contribution < 1.29 is 27.1 Å². The van der Waals surface area contributed by atoms with Crippen LogP contribution in [-0.4, -0.2) is 46.9 Å². The van der Waals surface area contributed by atoms with Gasteiger partial charge in [0.1, 0.15) is 18.2 Å². The number of hydrogen-bond acceptors (Lipinski definition) is 4. The average molecular weight is 524 g/mol. The van der Waals surface area contributed by atoms with E-state index in [2.05, 4.69) is 9.88 Å². The van der Waals surface area contributed by atoms with E-state index in [0.717, 1.165) is 23.1 Å². The summed E-state index contributed by atoms with van der Waals surface area (Å²) in [6.07, 6.45) is -2.80. The van der Waals surface area contributed by atoms with Crippen molar-refractivity contribution in [2.24, 2.45) is 0 Å². The predicted octanol–water partition coefficient (Wildman–Crippen LogP) is 5.93. The van der Waals surface area contributed by atoms with Crippen LogP contribution < -0.4 is 4.74 Å². The molecule has 1 saturated heterocycles. The molecule has 1 fully saturated rings. The molecule has 5 nitrogen and oxygen atoms in total. The minimum Gasteiger partial charge on any atom is -0.489 e. The summed E-state index contributed by atoms with van der Waals surface area (Å²) in [5.41, 5.74) is 1.74. The Morgan fingerprint density at radius 3 is 2.37 bits per heavy atom. The van der Waals surface area contributed by atoms with Gasteiger partial charge >= 0.3 is 6.18 Å². The van der Waals surface area contributed by atoms with Crippen molar-refractivity contribution in [1.82, 2.24) is 14.8 Å². The van der Waals surface area contributed by atoms with Gasteiger partial charge in [-0.25, -0.2) is 4.39 Å². The summed E-state index contributed by atoms with van der Waals surface area (Å²) >= 11 is 0. The molecule has 1 aromatic heterocycles. The molecule has 0 N–H and O–H groups in total. The molecule has 0 saturated carbocycles. The first-order valence-corrected chi connectivity index (χ1v) is 12.2. The standard InChI is InChI=1S/C29H25F4N3O2/c30-26-4-2-1-3-22(26)19-38-25-10-7-21-15-23(17-34-27(21)16-25)28(37)36-13-11-35(12-14-36)18-20-5-8-24(9-6-20)29(31,32)33/h1-10,15-17H,11-14,18-19H2.